The summed E-state index contributed by atoms with van der Waals surface area (Å²) in [6.45, 7) is 9.49. The molecule has 0 N–H and O–H groups in total. The van der Waals surface area contributed by atoms with Crippen molar-refractivity contribution in [3.8, 4) is 23.0 Å². The summed E-state index contributed by atoms with van der Waals surface area (Å²) in [6.07, 6.45) is 8.16. The van der Waals surface area contributed by atoms with Gasteiger partial charge in [0.2, 0.25) is 0 Å². The van der Waals surface area contributed by atoms with E-state index in [9.17, 15) is 19.2 Å². The SMILES string of the molecule is CCCOc1cc(N2C(=O)C=CC2=O)c(OCCC)cc1Cc1cc(OCCC)c(N2C(=O)C=CC2=O)cc1OCCC. The molecule has 10 nitrogen and oxygen atoms in total. The molecule has 0 bridgehead atoms. The normalized spacial score (nSPS) is 14.3. The van der Waals surface area contributed by atoms with E-state index in [2.05, 4.69) is 0 Å². The largest absolute Gasteiger partial charge is 0.493 e. The number of imide groups is 2. The van der Waals surface area contributed by atoms with E-state index in [1.807, 2.05) is 27.7 Å². The van der Waals surface area contributed by atoms with Gasteiger partial charge in [-0.3, -0.25) is 19.2 Å². The lowest BCUT2D eigenvalue weighted by atomic mass is 10.0. The number of hydrogen-bond donors (Lipinski definition) is 0. The van der Waals surface area contributed by atoms with Crippen LogP contribution in [0.3, 0.4) is 0 Å². The average Bonchev–Trinajstić information content (AvgIpc) is 3.52. The molecular formula is C33H38N2O8. The second kappa shape index (κ2) is 14.5. The molecule has 0 unspecified atom stereocenters. The standard InChI is InChI=1S/C33H38N2O8/c1-5-13-40-26-20-24(34-30(36)9-10-31(34)37)28(42-15-7-3)18-22(26)17-23-19-29(43-16-8-4)25(21-27(23)41-14-6-2)35-32(38)11-12-33(35)39/h9-12,18-21H,5-8,13-17H2,1-4H3. The van der Waals surface area contributed by atoms with Crippen molar-refractivity contribution < 1.29 is 38.1 Å². The predicted octanol–water partition coefficient (Wildman–Crippen LogP) is 5.29. The van der Waals surface area contributed by atoms with Gasteiger partial charge in [0.1, 0.15) is 23.0 Å². The van der Waals surface area contributed by atoms with E-state index in [0.29, 0.717) is 67.2 Å². The van der Waals surface area contributed by atoms with Crippen molar-refractivity contribution in [2.45, 2.75) is 59.8 Å². The third-order valence-corrected chi connectivity index (χ3v) is 6.61. The Morgan fingerprint density at radius 3 is 1.07 bits per heavy atom. The van der Waals surface area contributed by atoms with Crippen LogP contribution >= 0.6 is 0 Å². The molecule has 2 aliphatic heterocycles. The van der Waals surface area contributed by atoms with Gasteiger partial charge in [0, 0.05) is 54.0 Å². The molecule has 0 saturated carbocycles. The van der Waals surface area contributed by atoms with E-state index < -0.39 is 23.6 Å². The van der Waals surface area contributed by atoms with Crippen molar-refractivity contribution in [1.29, 1.82) is 0 Å². The van der Waals surface area contributed by atoms with Gasteiger partial charge in [0.25, 0.3) is 23.6 Å². The van der Waals surface area contributed by atoms with E-state index in [1.54, 1.807) is 24.3 Å². The Morgan fingerprint density at radius 1 is 0.465 bits per heavy atom. The molecule has 228 valence electrons. The second-order valence-corrected chi connectivity index (χ2v) is 10.1. The minimum atomic E-state index is -0.454. The second-order valence-electron chi connectivity index (χ2n) is 10.1. The summed E-state index contributed by atoms with van der Waals surface area (Å²) in [5.41, 5.74) is 2.10. The van der Waals surface area contributed by atoms with Crippen molar-refractivity contribution in [1.82, 2.24) is 0 Å². The van der Waals surface area contributed by atoms with Gasteiger partial charge in [-0.15, -0.1) is 0 Å². The molecule has 10 heteroatoms. The van der Waals surface area contributed by atoms with Crippen LogP contribution in [-0.2, 0) is 25.6 Å². The smallest absolute Gasteiger partial charge is 0.258 e. The average molecular weight is 591 g/mol. The molecule has 0 saturated heterocycles. The van der Waals surface area contributed by atoms with Gasteiger partial charge in [-0.25, -0.2) is 9.80 Å². The minimum absolute atomic E-state index is 0.309. The first kappa shape index (κ1) is 31.3. The van der Waals surface area contributed by atoms with Crippen molar-refractivity contribution in [2.24, 2.45) is 0 Å². The highest BCUT2D eigenvalue weighted by molar-refractivity contribution is 6.29. The summed E-state index contributed by atoms with van der Waals surface area (Å²) in [6, 6.07) is 6.91. The van der Waals surface area contributed by atoms with Crippen molar-refractivity contribution in [3.05, 3.63) is 59.7 Å². The molecule has 2 aromatic carbocycles. The quantitative estimate of drug-likeness (QED) is 0.243. The van der Waals surface area contributed by atoms with Gasteiger partial charge < -0.3 is 18.9 Å². The zero-order valence-corrected chi connectivity index (χ0v) is 25.1. The Balaban J connectivity index is 1.85. The highest BCUT2D eigenvalue weighted by Crippen LogP contribution is 2.42. The summed E-state index contributed by atoms with van der Waals surface area (Å²) < 4.78 is 24.4. The first-order chi connectivity index (χ1) is 20.8. The van der Waals surface area contributed by atoms with Crippen LogP contribution < -0.4 is 28.7 Å². The maximum Gasteiger partial charge on any atom is 0.258 e. The van der Waals surface area contributed by atoms with Crippen LogP contribution in [0.5, 0.6) is 23.0 Å². The fraction of sp³-hybridized carbons (Fsp3) is 0.394. The molecule has 2 aliphatic rings. The molecule has 2 aromatic rings. The molecule has 4 rings (SSSR count). The number of carbonyl (C=O) groups is 4. The van der Waals surface area contributed by atoms with Crippen LogP contribution in [0.15, 0.2) is 48.6 Å². The maximum atomic E-state index is 12.6. The Morgan fingerprint density at radius 2 is 0.767 bits per heavy atom. The van der Waals surface area contributed by atoms with Gasteiger partial charge in [-0.1, -0.05) is 27.7 Å². The van der Waals surface area contributed by atoms with Gasteiger partial charge in [-0.05, 0) is 37.8 Å². The Hall–Kier alpha value is -4.60. The van der Waals surface area contributed by atoms with Gasteiger partial charge in [0.15, 0.2) is 0 Å². The summed E-state index contributed by atoms with van der Waals surface area (Å²) >= 11 is 0. The van der Waals surface area contributed by atoms with Crippen LogP contribution in [0.25, 0.3) is 0 Å². The maximum absolute atomic E-state index is 12.6. The third kappa shape index (κ3) is 7.07. The zero-order valence-electron chi connectivity index (χ0n) is 25.1. The first-order valence-electron chi connectivity index (χ1n) is 14.8. The highest BCUT2D eigenvalue weighted by Gasteiger charge is 2.31. The van der Waals surface area contributed by atoms with E-state index >= 15 is 0 Å². The third-order valence-electron chi connectivity index (χ3n) is 6.61. The summed E-state index contributed by atoms with van der Waals surface area (Å²) in [5, 5.41) is 0. The first-order valence-corrected chi connectivity index (χ1v) is 14.8. The van der Waals surface area contributed by atoms with E-state index in [4.69, 9.17) is 18.9 Å². The molecule has 0 radical (unpaired) electrons. The Labute approximate surface area is 251 Å². The molecule has 0 atom stereocenters. The van der Waals surface area contributed by atoms with Crippen LogP contribution in [0, 0.1) is 0 Å². The monoisotopic (exact) mass is 590 g/mol. The van der Waals surface area contributed by atoms with Gasteiger partial charge in [0.05, 0.1) is 37.8 Å². The number of nitrogens with zero attached hydrogens (tertiary/aromatic N) is 2. The summed E-state index contributed by atoms with van der Waals surface area (Å²) in [4.78, 5) is 52.6. The number of rotatable bonds is 16. The molecular weight excluding hydrogens is 552 g/mol. The molecule has 4 amide bonds. The Bertz CT molecular complexity index is 1300. The van der Waals surface area contributed by atoms with E-state index in [1.165, 1.54) is 24.3 Å². The molecule has 0 aliphatic carbocycles. The molecule has 0 aromatic heterocycles. The minimum Gasteiger partial charge on any atom is -0.493 e. The van der Waals surface area contributed by atoms with Crippen molar-refractivity contribution in [3.63, 3.8) is 0 Å². The van der Waals surface area contributed by atoms with E-state index in [-0.39, 0.29) is 0 Å². The molecule has 0 spiro atoms. The van der Waals surface area contributed by atoms with Gasteiger partial charge in [-0.2, -0.15) is 0 Å². The molecule has 0 fully saturated rings. The van der Waals surface area contributed by atoms with Gasteiger partial charge >= 0.3 is 0 Å². The molecule has 43 heavy (non-hydrogen) atoms. The van der Waals surface area contributed by atoms with Crippen molar-refractivity contribution >= 4 is 35.0 Å². The lowest BCUT2D eigenvalue weighted by molar-refractivity contribution is -0.121. The number of carbonyl (C=O) groups excluding carboxylic acids is 4. The predicted molar refractivity (Wildman–Crippen MR) is 162 cm³/mol. The number of ether oxygens (including phenoxy) is 4. The summed E-state index contributed by atoms with van der Waals surface area (Å²) in [5.74, 6) is -0.0860. The summed E-state index contributed by atoms with van der Waals surface area (Å²) in [7, 11) is 0. The van der Waals surface area contributed by atoms with E-state index in [0.717, 1.165) is 46.6 Å². The van der Waals surface area contributed by atoms with Crippen LogP contribution in [0.1, 0.15) is 64.5 Å². The van der Waals surface area contributed by atoms with Crippen LogP contribution in [0.2, 0.25) is 0 Å². The fourth-order valence-corrected chi connectivity index (χ4v) is 4.64. The highest BCUT2D eigenvalue weighted by atomic mass is 16.5. The van der Waals surface area contributed by atoms with Crippen LogP contribution in [0.4, 0.5) is 11.4 Å². The molecule has 2 heterocycles. The lowest BCUT2D eigenvalue weighted by Gasteiger charge is -2.24. The zero-order chi connectivity index (χ0) is 30.9. The fourth-order valence-electron chi connectivity index (χ4n) is 4.64. The van der Waals surface area contributed by atoms with Crippen molar-refractivity contribution in [2.75, 3.05) is 36.2 Å². The topological polar surface area (TPSA) is 112 Å². The number of amides is 4. The lowest BCUT2D eigenvalue weighted by Crippen LogP contribution is -2.30. The number of hydrogen-bond acceptors (Lipinski definition) is 8. The number of anilines is 2. The van der Waals surface area contributed by atoms with Crippen LogP contribution in [-0.4, -0.2) is 50.1 Å². The number of benzene rings is 2. The Kier molecular flexibility index (Phi) is 10.6.